The van der Waals surface area contributed by atoms with E-state index in [-0.39, 0.29) is 70.0 Å². The first-order valence-corrected chi connectivity index (χ1v) is 28.9. The number of ether oxygens (including phenoxy) is 2. The summed E-state index contributed by atoms with van der Waals surface area (Å²) in [5, 5.41) is 19.0. The molecule has 5 aliphatic heterocycles. The molecule has 1 aliphatic carbocycles. The molecule has 1 saturated carbocycles. The summed E-state index contributed by atoms with van der Waals surface area (Å²) in [7, 11) is 7.98. The monoisotopic (exact) mass is 1160 g/mol. The molecule has 0 radical (unpaired) electrons. The highest BCUT2D eigenvalue weighted by molar-refractivity contribution is 6.33. The van der Waals surface area contributed by atoms with Crippen LogP contribution < -0.4 is 40.8 Å². The summed E-state index contributed by atoms with van der Waals surface area (Å²) in [6, 6.07) is 8.44. The van der Waals surface area contributed by atoms with Crippen LogP contribution in [0.4, 0.5) is 42.5 Å². The molecule has 5 amide bonds. The van der Waals surface area contributed by atoms with Gasteiger partial charge in [-0.1, -0.05) is 11.6 Å². The molecule has 1 spiro atoms. The Morgan fingerprint density at radius 1 is 0.855 bits per heavy atom. The van der Waals surface area contributed by atoms with Gasteiger partial charge in [-0.3, -0.25) is 28.5 Å². The number of aryl methyl sites for hydroxylation is 3. The van der Waals surface area contributed by atoms with E-state index in [0.29, 0.717) is 148 Å². The van der Waals surface area contributed by atoms with Crippen molar-refractivity contribution >= 4 is 75.2 Å². The maximum Gasteiger partial charge on any atom is 0.317 e. The van der Waals surface area contributed by atoms with Gasteiger partial charge in [-0.25, -0.2) is 18.6 Å². The van der Waals surface area contributed by atoms with E-state index in [1.807, 2.05) is 20.8 Å². The molecular formula is C58H68ClF2N15O7. The van der Waals surface area contributed by atoms with Gasteiger partial charge in [0.05, 0.1) is 37.6 Å². The first kappa shape index (κ1) is 55.5. The van der Waals surface area contributed by atoms with E-state index in [1.165, 1.54) is 24.9 Å². The second kappa shape index (κ2) is 22.3. The van der Waals surface area contributed by atoms with Crippen LogP contribution >= 0.6 is 11.6 Å². The average Bonchev–Trinajstić information content (AvgIpc) is 4.28. The Labute approximate surface area is 483 Å². The van der Waals surface area contributed by atoms with E-state index in [4.69, 9.17) is 31.2 Å². The third-order valence-electron chi connectivity index (χ3n) is 17.9. The van der Waals surface area contributed by atoms with E-state index in [0.717, 1.165) is 42.5 Å². The van der Waals surface area contributed by atoms with Crippen LogP contribution in [0.3, 0.4) is 0 Å². The number of amides is 5. The minimum Gasteiger partial charge on any atom is -0.494 e. The zero-order valence-electron chi connectivity index (χ0n) is 47.2. The summed E-state index contributed by atoms with van der Waals surface area (Å²) in [6.07, 6.45) is 8.58. The number of carbonyl (C=O) groups excluding carboxylic acids is 4. The number of hydrogen-bond donors (Lipinski definition) is 3. The highest BCUT2D eigenvalue weighted by Crippen LogP contribution is 2.53. The molecule has 83 heavy (non-hydrogen) atoms. The van der Waals surface area contributed by atoms with Gasteiger partial charge in [0, 0.05) is 156 Å². The molecule has 22 nitrogen and oxygen atoms in total. The Hall–Kier alpha value is -8.02. The minimum atomic E-state index is -2.71. The molecule has 3 saturated heterocycles. The molecule has 4 fully saturated rings. The zero-order chi connectivity index (χ0) is 58.0. The lowest BCUT2D eigenvalue weighted by Crippen LogP contribution is -2.66. The molecule has 2 aromatic carbocycles. The Bertz CT molecular complexity index is 3600. The summed E-state index contributed by atoms with van der Waals surface area (Å²) in [6.45, 7) is 4.80. The lowest BCUT2D eigenvalue weighted by atomic mass is 9.57. The number of carbonyl (C=O) groups is 4. The number of halogens is 3. The highest BCUT2D eigenvalue weighted by atomic mass is 35.5. The molecule has 0 atom stereocenters. The second-order valence-corrected chi connectivity index (χ2v) is 23.4. The van der Waals surface area contributed by atoms with Gasteiger partial charge in [0.2, 0.25) is 17.8 Å². The fourth-order valence-electron chi connectivity index (χ4n) is 13.5. The number of urea groups is 1. The number of pyridine rings is 1. The molecule has 12 rings (SSSR count). The second-order valence-electron chi connectivity index (χ2n) is 23.0. The van der Waals surface area contributed by atoms with Gasteiger partial charge in [-0.15, -0.1) is 0 Å². The smallest absolute Gasteiger partial charge is 0.317 e. The molecule has 0 bridgehead atoms. The Kier molecular flexibility index (Phi) is 14.9. The number of piperidine rings is 2. The lowest BCUT2D eigenvalue weighted by molar-refractivity contribution is -0.168. The number of hydrogen-bond acceptors (Lipinski definition) is 14. The number of fused-ring (bicyclic) bond motifs is 3. The highest BCUT2D eigenvalue weighted by Gasteiger charge is 2.57. The molecule has 438 valence electrons. The number of rotatable bonds is 13. The quantitative estimate of drug-likeness (QED) is 0.113. The molecule has 6 aromatic rings. The van der Waals surface area contributed by atoms with Gasteiger partial charge in [0.15, 0.2) is 24.0 Å². The zero-order valence-corrected chi connectivity index (χ0v) is 48.0. The molecular weight excluding hydrogens is 1090 g/mol. The topological polar surface area (TPSA) is 222 Å². The number of benzene rings is 2. The number of likely N-dealkylation sites (N-methyl/N-ethyl adjacent to an activating group) is 1. The molecule has 25 heteroatoms. The normalized spacial score (nSPS) is 18.2. The lowest BCUT2D eigenvalue weighted by Gasteiger charge is -2.59. The Morgan fingerprint density at radius 3 is 2.31 bits per heavy atom. The summed E-state index contributed by atoms with van der Waals surface area (Å²) in [5.74, 6) is 1.69. The largest absolute Gasteiger partial charge is 0.494 e. The van der Waals surface area contributed by atoms with Crippen molar-refractivity contribution in [2.45, 2.75) is 76.8 Å². The molecule has 9 heterocycles. The Balaban J connectivity index is 0.645. The number of likely N-dealkylation sites (tertiary alicyclic amines) is 2. The van der Waals surface area contributed by atoms with Crippen molar-refractivity contribution in [2.24, 2.45) is 31.3 Å². The minimum absolute atomic E-state index is 0.00689. The van der Waals surface area contributed by atoms with Crippen molar-refractivity contribution in [2.75, 3.05) is 95.3 Å². The van der Waals surface area contributed by atoms with Crippen LogP contribution in [0.2, 0.25) is 5.02 Å². The van der Waals surface area contributed by atoms with Crippen molar-refractivity contribution in [1.82, 2.24) is 59.4 Å². The van der Waals surface area contributed by atoms with Crippen LogP contribution in [0.15, 0.2) is 53.7 Å². The van der Waals surface area contributed by atoms with Crippen molar-refractivity contribution in [3.05, 3.63) is 86.7 Å². The summed E-state index contributed by atoms with van der Waals surface area (Å²) in [4.78, 5) is 85.1. The fraction of sp³-hybridized carbons (Fsp3) is 0.500. The number of anilines is 5. The van der Waals surface area contributed by atoms with Crippen LogP contribution in [-0.4, -0.2) is 153 Å². The van der Waals surface area contributed by atoms with Crippen molar-refractivity contribution in [1.29, 1.82) is 0 Å². The van der Waals surface area contributed by atoms with Crippen molar-refractivity contribution < 1.29 is 37.4 Å². The van der Waals surface area contributed by atoms with Crippen LogP contribution in [-0.2, 0) is 47.9 Å². The molecule has 6 aliphatic rings. The number of alkyl halides is 2. The Morgan fingerprint density at radius 2 is 1.61 bits per heavy atom. The van der Waals surface area contributed by atoms with Crippen LogP contribution in [0.25, 0.3) is 22.0 Å². The maximum absolute atomic E-state index is 14.9. The number of aromatic nitrogens is 7. The predicted octanol–water partition coefficient (Wildman–Crippen LogP) is 6.49. The van der Waals surface area contributed by atoms with Crippen molar-refractivity contribution in [3.8, 4) is 22.6 Å². The van der Waals surface area contributed by atoms with Gasteiger partial charge >= 0.3 is 6.03 Å². The van der Waals surface area contributed by atoms with E-state index in [9.17, 15) is 32.8 Å². The van der Waals surface area contributed by atoms with E-state index in [2.05, 4.69) is 35.6 Å². The number of nitrogens with one attached hydrogen (secondary N) is 3. The van der Waals surface area contributed by atoms with Gasteiger partial charge < -0.3 is 54.5 Å². The summed E-state index contributed by atoms with van der Waals surface area (Å²) < 4.78 is 46.1. The molecule has 4 aromatic heterocycles. The summed E-state index contributed by atoms with van der Waals surface area (Å²) in [5.41, 5.74) is 5.37. The van der Waals surface area contributed by atoms with Crippen LogP contribution in [0.5, 0.6) is 11.5 Å². The first-order valence-electron chi connectivity index (χ1n) is 28.5. The van der Waals surface area contributed by atoms with E-state index < -0.39 is 12.0 Å². The van der Waals surface area contributed by atoms with Crippen molar-refractivity contribution in [3.63, 3.8) is 0 Å². The van der Waals surface area contributed by atoms with Gasteiger partial charge in [0.25, 0.3) is 17.9 Å². The molecule has 0 unspecified atom stereocenters. The van der Waals surface area contributed by atoms with Gasteiger partial charge in [-0.05, 0) is 86.8 Å². The first-order chi connectivity index (χ1) is 40.0. The SMILES string of the molecule is CNC(=O)COc1cc2cc(Nc3nc(N4CCC(C(=O)N5CC6(CC(C(=O)N7CCC(n8nc(N9CCCc%10cc(-c%11cnn(C)c%11)c(C(F)F)cc%109)c9c8CCN(C(=O)NC)C9)CC7)C6)C5)CC4)ncc3Cl)cc(OC)c2n(C)c1=O. The maximum atomic E-state index is 14.9. The third kappa shape index (κ3) is 10.4. The molecule has 3 N–H and O–H groups in total. The number of nitrogens with zero attached hydrogens (tertiary/aromatic N) is 12. The summed E-state index contributed by atoms with van der Waals surface area (Å²) >= 11 is 6.63. The fourth-order valence-corrected chi connectivity index (χ4v) is 13.6. The third-order valence-corrected chi connectivity index (χ3v) is 18.1. The van der Waals surface area contributed by atoms with Crippen LogP contribution in [0.1, 0.15) is 79.8 Å². The standard InChI is InChI=1S/C58H68ClF2N15O7/c1-62-48(77)30-83-47-21-35-19-38(22-46(82-5)49(35)70(4)55(47)80)66-51-43(59)27-64-56(67-51)72-14-8-33(9-15-72)53(78)74-31-58(32-74)24-36(25-58)54(79)71-16-10-39(11-17-71)76-44-12-18-73(57(81)63-2)29-42(44)52(68-76)75-13-6-7-34-20-40(37-26-65-69(3)28-37)41(50(60)61)23-45(34)75/h19-23,26-28,33,36,39,50H,6-18,24-25,29-32H2,1-5H3,(H,62,77)(H,63,81)(H,64,66,67). The average molecular weight is 1160 g/mol. The number of methoxy groups -OCH3 is 1. The van der Waals surface area contributed by atoms with Crippen LogP contribution in [0, 0.1) is 17.3 Å². The van der Waals surface area contributed by atoms with Gasteiger partial charge in [0.1, 0.15) is 10.8 Å². The van der Waals surface area contributed by atoms with Gasteiger partial charge in [-0.2, -0.15) is 15.2 Å². The predicted molar refractivity (Wildman–Crippen MR) is 307 cm³/mol. The van der Waals surface area contributed by atoms with E-state index in [1.54, 1.807) is 67.4 Å². The van der Waals surface area contributed by atoms with E-state index >= 15 is 0 Å².